The molecule has 1 amide bonds. The maximum Gasteiger partial charge on any atom is 0.326 e. The van der Waals surface area contributed by atoms with Crippen LogP contribution in [0.4, 0.5) is 0 Å². The molecular weight excluding hydrogens is 310 g/mol. The Labute approximate surface area is 139 Å². The Morgan fingerprint density at radius 3 is 2.71 bits per heavy atom. The third kappa shape index (κ3) is 3.98. The number of aryl methyl sites for hydroxylation is 1. The Hall–Kier alpha value is -2.70. The molecule has 0 bridgehead atoms. The minimum Gasteiger partial charge on any atom is -0.480 e. The lowest BCUT2D eigenvalue weighted by Crippen LogP contribution is -2.45. The van der Waals surface area contributed by atoms with E-state index in [1.165, 1.54) is 10.9 Å². The SMILES string of the molecule is CC[C@H](C)[C@H](NC(=O)CCn1cnc2ccccc2c1=O)C(=O)O. The van der Waals surface area contributed by atoms with Gasteiger partial charge in [0.05, 0.1) is 17.2 Å². The second-order valence-corrected chi connectivity index (χ2v) is 5.78. The van der Waals surface area contributed by atoms with Crippen LogP contribution in [-0.2, 0) is 16.1 Å². The molecule has 0 radical (unpaired) electrons. The van der Waals surface area contributed by atoms with E-state index in [0.29, 0.717) is 17.3 Å². The van der Waals surface area contributed by atoms with E-state index < -0.39 is 17.9 Å². The molecule has 128 valence electrons. The van der Waals surface area contributed by atoms with Crippen molar-refractivity contribution in [3.05, 3.63) is 40.9 Å². The highest BCUT2D eigenvalue weighted by Crippen LogP contribution is 2.08. The van der Waals surface area contributed by atoms with Crippen LogP contribution in [0, 0.1) is 5.92 Å². The quantitative estimate of drug-likeness (QED) is 0.798. The number of aromatic nitrogens is 2. The fourth-order valence-corrected chi connectivity index (χ4v) is 2.42. The number of carboxylic acid groups (broad SMARTS) is 1. The maximum absolute atomic E-state index is 12.3. The summed E-state index contributed by atoms with van der Waals surface area (Å²) in [7, 11) is 0. The van der Waals surface area contributed by atoms with Gasteiger partial charge in [0.25, 0.3) is 5.56 Å². The highest BCUT2D eigenvalue weighted by Gasteiger charge is 2.25. The Morgan fingerprint density at radius 1 is 1.33 bits per heavy atom. The lowest BCUT2D eigenvalue weighted by molar-refractivity contribution is -0.143. The normalized spacial score (nSPS) is 13.4. The number of hydrogen-bond donors (Lipinski definition) is 2. The Bertz CT molecular complexity index is 800. The Balaban J connectivity index is 2.05. The Morgan fingerprint density at radius 2 is 2.04 bits per heavy atom. The summed E-state index contributed by atoms with van der Waals surface area (Å²) in [6.45, 7) is 3.79. The van der Waals surface area contributed by atoms with Gasteiger partial charge in [-0.3, -0.25) is 14.2 Å². The summed E-state index contributed by atoms with van der Waals surface area (Å²) in [5, 5.41) is 12.2. The van der Waals surface area contributed by atoms with Crippen molar-refractivity contribution >= 4 is 22.8 Å². The molecule has 1 heterocycles. The third-order valence-corrected chi connectivity index (χ3v) is 4.11. The summed E-state index contributed by atoms with van der Waals surface area (Å²) in [6, 6.07) is 6.07. The van der Waals surface area contributed by atoms with Crippen molar-refractivity contribution < 1.29 is 14.7 Å². The highest BCUT2D eigenvalue weighted by molar-refractivity contribution is 5.83. The zero-order valence-electron chi connectivity index (χ0n) is 13.7. The highest BCUT2D eigenvalue weighted by atomic mass is 16.4. The van der Waals surface area contributed by atoms with Crippen LogP contribution < -0.4 is 10.9 Å². The van der Waals surface area contributed by atoms with Crippen LogP contribution in [0.3, 0.4) is 0 Å². The molecule has 1 aromatic carbocycles. The van der Waals surface area contributed by atoms with Crippen molar-refractivity contribution in [2.75, 3.05) is 0 Å². The number of hydrogen-bond acceptors (Lipinski definition) is 4. The molecule has 2 aromatic rings. The molecule has 0 saturated carbocycles. The first-order valence-corrected chi connectivity index (χ1v) is 7.90. The number of rotatable bonds is 7. The summed E-state index contributed by atoms with van der Waals surface area (Å²) in [6.07, 6.45) is 2.06. The number of amides is 1. The van der Waals surface area contributed by atoms with Gasteiger partial charge in [0.15, 0.2) is 0 Å². The summed E-state index contributed by atoms with van der Waals surface area (Å²) in [5.41, 5.74) is 0.385. The van der Waals surface area contributed by atoms with Gasteiger partial charge in [-0.25, -0.2) is 9.78 Å². The molecule has 0 aliphatic carbocycles. The van der Waals surface area contributed by atoms with E-state index in [-0.39, 0.29) is 24.4 Å². The van der Waals surface area contributed by atoms with E-state index in [9.17, 15) is 19.5 Å². The van der Waals surface area contributed by atoms with Crippen LogP contribution in [0.5, 0.6) is 0 Å². The van der Waals surface area contributed by atoms with Crippen LogP contribution in [0.1, 0.15) is 26.7 Å². The average molecular weight is 331 g/mol. The van der Waals surface area contributed by atoms with E-state index in [0.717, 1.165) is 0 Å². The fourth-order valence-electron chi connectivity index (χ4n) is 2.42. The van der Waals surface area contributed by atoms with Gasteiger partial charge >= 0.3 is 5.97 Å². The molecule has 2 N–H and O–H groups in total. The summed E-state index contributed by atoms with van der Waals surface area (Å²) in [5.74, 6) is -1.62. The predicted octanol–water partition coefficient (Wildman–Crippen LogP) is 1.40. The largest absolute Gasteiger partial charge is 0.480 e. The van der Waals surface area contributed by atoms with Gasteiger partial charge in [-0.05, 0) is 18.1 Å². The van der Waals surface area contributed by atoms with Crippen molar-refractivity contribution in [3.8, 4) is 0 Å². The second kappa shape index (κ2) is 7.72. The standard InChI is InChI=1S/C17H21N3O4/c1-3-11(2)15(17(23)24)19-14(21)8-9-20-10-18-13-7-5-4-6-12(13)16(20)22/h4-7,10-11,15H,3,8-9H2,1-2H3,(H,19,21)(H,23,24)/t11-,15-/m0/s1. The van der Waals surface area contributed by atoms with Crippen molar-refractivity contribution in [2.45, 2.75) is 39.3 Å². The van der Waals surface area contributed by atoms with E-state index in [1.54, 1.807) is 31.2 Å². The summed E-state index contributed by atoms with van der Waals surface area (Å²) >= 11 is 0. The summed E-state index contributed by atoms with van der Waals surface area (Å²) in [4.78, 5) is 39.8. The monoisotopic (exact) mass is 331 g/mol. The number of aliphatic carboxylic acids is 1. The van der Waals surface area contributed by atoms with Crippen molar-refractivity contribution in [1.82, 2.24) is 14.9 Å². The molecule has 1 aromatic heterocycles. The van der Waals surface area contributed by atoms with Crippen molar-refractivity contribution in [1.29, 1.82) is 0 Å². The molecule has 2 rings (SSSR count). The first kappa shape index (κ1) is 17.7. The molecule has 0 fully saturated rings. The van der Waals surface area contributed by atoms with Gasteiger partial charge in [0.1, 0.15) is 6.04 Å². The molecule has 0 aliphatic heterocycles. The number of nitrogens with zero attached hydrogens (tertiary/aromatic N) is 2. The first-order valence-electron chi connectivity index (χ1n) is 7.90. The molecule has 0 aliphatic rings. The van der Waals surface area contributed by atoms with Gasteiger partial charge in [0.2, 0.25) is 5.91 Å². The van der Waals surface area contributed by atoms with Crippen LogP contribution in [-0.4, -0.2) is 32.6 Å². The molecule has 0 saturated heterocycles. The topological polar surface area (TPSA) is 101 Å². The van der Waals surface area contributed by atoms with Crippen molar-refractivity contribution in [3.63, 3.8) is 0 Å². The van der Waals surface area contributed by atoms with Crippen LogP contribution in [0.25, 0.3) is 10.9 Å². The first-order chi connectivity index (χ1) is 11.4. The number of fused-ring (bicyclic) bond motifs is 1. The average Bonchev–Trinajstić information content (AvgIpc) is 2.58. The van der Waals surface area contributed by atoms with E-state index in [1.807, 2.05) is 6.92 Å². The lowest BCUT2D eigenvalue weighted by atomic mass is 9.99. The molecule has 0 unspecified atom stereocenters. The van der Waals surface area contributed by atoms with Gasteiger partial charge in [-0.1, -0.05) is 32.4 Å². The van der Waals surface area contributed by atoms with Crippen molar-refractivity contribution in [2.24, 2.45) is 5.92 Å². The van der Waals surface area contributed by atoms with Gasteiger partial charge in [0, 0.05) is 13.0 Å². The number of carbonyl (C=O) groups is 2. The van der Waals surface area contributed by atoms with Crippen LogP contribution >= 0.6 is 0 Å². The van der Waals surface area contributed by atoms with E-state index in [4.69, 9.17) is 0 Å². The van der Waals surface area contributed by atoms with Gasteiger partial charge < -0.3 is 10.4 Å². The summed E-state index contributed by atoms with van der Waals surface area (Å²) < 4.78 is 1.36. The van der Waals surface area contributed by atoms with Crippen LogP contribution in [0.2, 0.25) is 0 Å². The predicted molar refractivity (Wildman–Crippen MR) is 89.6 cm³/mol. The number of carboxylic acids is 1. The molecule has 2 atom stereocenters. The second-order valence-electron chi connectivity index (χ2n) is 5.78. The lowest BCUT2D eigenvalue weighted by Gasteiger charge is -2.20. The third-order valence-electron chi connectivity index (χ3n) is 4.11. The fraction of sp³-hybridized carbons (Fsp3) is 0.412. The molecule has 7 nitrogen and oxygen atoms in total. The van der Waals surface area contributed by atoms with E-state index in [2.05, 4.69) is 10.3 Å². The maximum atomic E-state index is 12.3. The van der Waals surface area contributed by atoms with E-state index >= 15 is 0 Å². The number of nitrogens with one attached hydrogen (secondary N) is 1. The molecule has 7 heteroatoms. The Kier molecular flexibility index (Phi) is 5.68. The van der Waals surface area contributed by atoms with Gasteiger partial charge in [-0.2, -0.15) is 0 Å². The smallest absolute Gasteiger partial charge is 0.326 e. The minimum atomic E-state index is -1.05. The number of benzene rings is 1. The zero-order chi connectivity index (χ0) is 17.7. The number of carbonyl (C=O) groups excluding carboxylic acids is 1. The molecule has 0 spiro atoms. The number of para-hydroxylation sites is 1. The van der Waals surface area contributed by atoms with Gasteiger partial charge in [-0.15, -0.1) is 0 Å². The molecular formula is C17H21N3O4. The minimum absolute atomic E-state index is 0.0140. The molecule has 24 heavy (non-hydrogen) atoms. The van der Waals surface area contributed by atoms with Crippen LogP contribution in [0.15, 0.2) is 35.4 Å². The zero-order valence-corrected chi connectivity index (χ0v) is 13.7.